The summed E-state index contributed by atoms with van der Waals surface area (Å²) in [6, 6.07) is 6.93. The molecule has 34 heavy (non-hydrogen) atoms. The summed E-state index contributed by atoms with van der Waals surface area (Å²) in [6.07, 6.45) is 7.87. The van der Waals surface area contributed by atoms with Crippen LogP contribution in [-0.4, -0.2) is 63.8 Å². The molecule has 6 rings (SSSR count). The molecule has 2 aromatic heterocycles. The van der Waals surface area contributed by atoms with Crippen LogP contribution in [0.4, 0.5) is 16.3 Å². The van der Waals surface area contributed by atoms with Gasteiger partial charge in [0.05, 0.1) is 25.4 Å². The van der Waals surface area contributed by atoms with Crippen LogP contribution in [-0.2, 0) is 31.2 Å². The van der Waals surface area contributed by atoms with Crippen molar-refractivity contribution in [2.24, 2.45) is 7.05 Å². The number of nitrogens with zero attached hydrogens (tertiary/aromatic N) is 6. The molecule has 1 aromatic carbocycles. The monoisotopic (exact) mass is 461 g/mol. The van der Waals surface area contributed by atoms with Gasteiger partial charge in [0.1, 0.15) is 0 Å². The Morgan fingerprint density at radius 2 is 2.12 bits per heavy atom. The van der Waals surface area contributed by atoms with Crippen molar-refractivity contribution in [2.45, 2.75) is 38.3 Å². The Labute approximate surface area is 199 Å². The third kappa shape index (κ3) is 3.55. The van der Waals surface area contributed by atoms with E-state index in [0.29, 0.717) is 19.7 Å². The maximum Gasteiger partial charge on any atom is 0.317 e. The predicted molar refractivity (Wildman–Crippen MR) is 129 cm³/mol. The fraction of sp³-hybridized carbons (Fsp3) is 0.480. The Kier molecular flexibility index (Phi) is 5.28. The van der Waals surface area contributed by atoms with Crippen LogP contribution >= 0.6 is 0 Å². The quantitative estimate of drug-likeness (QED) is 0.649. The van der Waals surface area contributed by atoms with Crippen molar-refractivity contribution in [1.29, 1.82) is 0 Å². The molecule has 3 aliphatic heterocycles. The maximum atomic E-state index is 12.4. The number of hydrogen-bond acceptors (Lipinski definition) is 5. The van der Waals surface area contributed by atoms with Gasteiger partial charge in [-0.05, 0) is 42.5 Å². The molecule has 1 atom stereocenters. The lowest BCUT2D eigenvalue weighted by atomic mass is 9.96. The summed E-state index contributed by atoms with van der Waals surface area (Å²) in [4.78, 5) is 16.7. The number of amides is 2. The van der Waals surface area contributed by atoms with Gasteiger partial charge in [-0.2, -0.15) is 10.2 Å². The summed E-state index contributed by atoms with van der Waals surface area (Å²) in [5, 5.41) is 12.3. The van der Waals surface area contributed by atoms with Crippen molar-refractivity contribution in [1.82, 2.24) is 29.8 Å². The molecule has 9 heteroatoms. The zero-order chi connectivity index (χ0) is 23.2. The summed E-state index contributed by atoms with van der Waals surface area (Å²) in [5.41, 5.74) is 7.29. The van der Waals surface area contributed by atoms with E-state index in [0.717, 1.165) is 50.2 Å². The smallest absolute Gasteiger partial charge is 0.317 e. The lowest BCUT2D eigenvalue weighted by Crippen LogP contribution is -2.42. The second-order valence-corrected chi connectivity index (χ2v) is 9.44. The molecule has 1 unspecified atom stereocenters. The van der Waals surface area contributed by atoms with E-state index in [1.54, 1.807) is 7.05 Å². The van der Waals surface area contributed by atoms with Crippen molar-refractivity contribution in [3.63, 3.8) is 0 Å². The Morgan fingerprint density at radius 3 is 2.88 bits per heavy atom. The van der Waals surface area contributed by atoms with Crippen molar-refractivity contribution in [3.8, 4) is 11.1 Å². The molecular weight excluding hydrogens is 430 g/mol. The van der Waals surface area contributed by atoms with Crippen molar-refractivity contribution < 1.29 is 9.53 Å². The van der Waals surface area contributed by atoms with E-state index in [1.165, 1.54) is 28.1 Å². The van der Waals surface area contributed by atoms with E-state index >= 15 is 0 Å². The van der Waals surface area contributed by atoms with E-state index in [-0.39, 0.29) is 12.1 Å². The van der Waals surface area contributed by atoms with Crippen molar-refractivity contribution >= 4 is 17.5 Å². The van der Waals surface area contributed by atoms with Gasteiger partial charge in [-0.3, -0.25) is 9.36 Å². The Morgan fingerprint density at radius 1 is 1.21 bits per heavy atom. The number of carbonyl (C=O) groups is 1. The van der Waals surface area contributed by atoms with E-state index in [4.69, 9.17) is 9.84 Å². The molecule has 1 N–H and O–H groups in total. The Bertz CT molecular complexity index is 1220. The number of benzene rings is 1. The van der Waals surface area contributed by atoms with Gasteiger partial charge in [-0.1, -0.05) is 6.07 Å². The lowest BCUT2D eigenvalue weighted by Gasteiger charge is -2.33. The number of aryl methyl sites for hydroxylation is 2. The number of aromatic nitrogens is 4. The molecule has 9 nitrogen and oxygen atoms in total. The van der Waals surface area contributed by atoms with Crippen LogP contribution in [0.15, 0.2) is 30.6 Å². The highest BCUT2D eigenvalue weighted by Crippen LogP contribution is 2.40. The fourth-order valence-electron chi connectivity index (χ4n) is 5.56. The normalized spacial score (nSPS) is 19.8. The first-order valence-electron chi connectivity index (χ1n) is 12.2. The molecule has 3 aliphatic rings. The number of urea groups is 1. The van der Waals surface area contributed by atoms with E-state index in [9.17, 15) is 4.79 Å². The molecule has 5 heterocycles. The summed E-state index contributed by atoms with van der Waals surface area (Å²) < 4.78 is 9.74. The maximum absolute atomic E-state index is 12.4. The van der Waals surface area contributed by atoms with Crippen LogP contribution in [0.3, 0.4) is 0 Å². The highest BCUT2D eigenvalue weighted by atomic mass is 16.5. The molecule has 0 radical (unpaired) electrons. The van der Waals surface area contributed by atoms with Gasteiger partial charge in [0.15, 0.2) is 5.82 Å². The molecule has 178 valence electrons. The van der Waals surface area contributed by atoms with Gasteiger partial charge in [0.2, 0.25) is 0 Å². The van der Waals surface area contributed by atoms with E-state index < -0.39 is 0 Å². The average molecular weight is 462 g/mol. The first kappa shape index (κ1) is 21.2. The van der Waals surface area contributed by atoms with Crippen molar-refractivity contribution in [2.75, 3.05) is 38.3 Å². The highest BCUT2D eigenvalue weighted by Gasteiger charge is 2.34. The van der Waals surface area contributed by atoms with Gasteiger partial charge >= 0.3 is 6.03 Å². The van der Waals surface area contributed by atoms with Gasteiger partial charge in [0.25, 0.3) is 0 Å². The first-order valence-corrected chi connectivity index (χ1v) is 12.2. The molecule has 0 bridgehead atoms. The Balaban J connectivity index is 1.41. The first-order chi connectivity index (χ1) is 16.6. The van der Waals surface area contributed by atoms with Crippen LogP contribution in [0.25, 0.3) is 11.1 Å². The minimum atomic E-state index is -0.0336. The summed E-state index contributed by atoms with van der Waals surface area (Å²) in [7, 11) is 3.64. The second kappa shape index (κ2) is 8.47. The van der Waals surface area contributed by atoms with Crippen LogP contribution in [0.2, 0.25) is 0 Å². The van der Waals surface area contributed by atoms with Gasteiger partial charge in [-0.15, -0.1) is 0 Å². The standard InChI is InChI=1S/C25H31N7O2/c1-26-25(33)30-10-7-23-21(15-30)24(28-32(23)20-8-11-34-16-20)31-9-3-4-18-12-17(5-6-22(18)31)19-13-27-29(2)14-19/h5-6,12-14,20H,3-4,7-11,15-16H2,1-2H3,(H,26,33). The number of fused-ring (bicyclic) bond motifs is 2. The number of carbonyl (C=O) groups excluding carboxylic acids is 1. The summed E-state index contributed by atoms with van der Waals surface area (Å²) >= 11 is 0. The summed E-state index contributed by atoms with van der Waals surface area (Å²) in [5.74, 6) is 0.991. The van der Waals surface area contributed by atoms with Gasteiger partial charge in [-0.25, -0.2) is 4.79 Å². The molecule has 3 aromatic rings. The molecule has 1 saturated heterocycles. The zero-order valence-corrected chi connectivity index (χ0v) is 19.8. The minimum Gasteiger partial charge on any atom is -0.379 e. The molecule has 0 aliphatic carbocycles. The number of anilines is 2. The van der Waals surface area contributed by atoms with Crippen LogP contribution in [0, 0.1) is 0 Å². The largest absolute Gasteiger partial charge is 0.379 e. The molecule has 0 saturated carbocycles. The SMILES string of the molecule is CNC(=O)N1CCc2c(c(N3CCCc4cc(-c5cnn(C)c5)ccc43)nn2C2CCOC2)C1. The summed E-state index contributed by atoms with van der Waals surface area (Å²) in [6.45, 7) is 3.69. The topological polar surface area (TPSA) is 80.5 Å². The van der Waals surface area contributed by atoms with Gasteiger partial charge in [0, 0.05) is 68.9 Å². The number of hydrogen-bond donors (Lipinski definition) is 1. The Hall–Kier alpha value is -3.33. The van der Waals surface area contributed by atoms with E-state index in [1.807, 2.05) is 22.8 Å². The lowest BCUT2D eigenvalue weighted by molar-refractivity contribution is 0.182. The average Bonchev–Trinajstić information content (AvgIpc) is 3.62. The third-order valence-corrected chi connectivity index (χ3v) is 7.31. The highest BCUT2D eigenvalue weighted by molar-refractivity contribution is 5.76. The molecular formula is C25H31N7O2. The van der Waals surface area contributed by atoms with Gasteiger partial charge < -0.3 is 19.9 Å². The van der Waals surface area contributed by atoms with Crippen LogP contribution < -0.4 is 10.2 Å². The second-order valence-electron chi connectivity index (χ2n) is 9.44. The molecule has 1 fully saturated rings. The molecule has 2 amide bonds. The minimum absolute atomic E-state index is 0.0336. The molecule has 0 spiro atoms. The van der Waals surface area contributed by atoms with Crippen molar-refractivity contribution in [3.05, 3.63) is 47.4 Å². The predicted octanol–water partition coefficient (Wildman–Crippen LogP) is 3.03. The van der Waals surface area contributed by atoms with Crippen LogP contribution in [0.5, 0.6) is 0 Å². The fourth-order valence-corrected chi connectivity index (χ4v) is 5.56. The number of ether oxygens (including phenoxy) is 1. The number of rotatable bonds is 3. The van der Waals surface area contributed by atoms with E-state index in [2.05, 4.69) is 44.4 Å². The zero-order valence-electron chi connectivity index (χ0n) is 19.8. The number of nitrogens with one attached hydrogen (secondary N) is 1. The van der Waals surface area contributed by atoms with Crippen LogP contribution in [0.1, 0.15) is 35.7 Å². The third-order valence-electron chi connectivity index (χ3n) is 7.31.